The molecule has 2 heterocycles. The Morgan fingerprint density at radius 2 is 1.83 bits per heavy atom. The lowest BCUT2D eigenvalue weighted by Crippen LogP contribution is -2.33. The molecule has 0 aliphatic heterocycles. The first-order valence-electron chi connectivity index (χ1n) is 8.66. The topological polar surface area (TPSA) is 114 Å². The summed E-state index contributed by atoms with van der Waals surface area (Å²) >= 11 is 12.9. The normalized spacial score (nSPS) is 13.3. The fraction of sp³-hybridized carbons (Fsp3) is 0.211. The van der Waals surface area contributed by atoms with Crippen LogP contribution in [0.4, 0.5) is 0 Å². The number of nitrogens with zero attached hydrogens (tertiary/aromatic N) is 4. The summed E-state index contributed by atoms with van der Waals surface area (Å²) in [6, 6.07) is 6.44. The molecule has 2 aromatic heterocycles. The number of nitriles is 1. The number of aromatic amines is 1. The van der Waals surface area contributed by atoms with Crippen LogP contribution in [0.1, 0.15) is 30.1 Å². The summed E-state index contributed by atoms with van der Waals surface area (Å²) in [5.74, 6) is 0. The molecule has 0 unspecified atom stereocenters. The maximum absolute atomic E-state index is 12.4. The van der Waals surface area contributed by atoms with E-state index in [9.17, 15) is 14.4 Å². The van der Waals surface area contributed by atoms with E-state index in [4.69, 9.17) is 28.5 Å². The van der Waals surface area contributed by atoms with Crippen LogP contribution < -0.4 is 16.8 Å². The standard InChI is InChI=1S/C19H13Cl2N5O3/c1-9-4-10(8-25(18(9)28)11-2-3-11)16-13(20)5-12(6-14(16)21)26-19(29)23-17(27)15(7-22)24-26/h4-6,8,11H,2-3H2,1H3,(H,23,27,29). The molecule has 1 aromatic carbocycles. The van der Waals surface area contributed by atoms with Crippen molar-refractivity contribution in [3.8, 4) is 22.9 Å². The molecule has 10 heteroatoms. The van der Waals surface area contributed by atoms with Crippen LogP contribution in [0.15, 0.2) is 38.8 Å². The van der Waals surface area contributed by atoms with E-state index in [-0.39, 0.29) is 27.3 Å². The molecule has 0 atom stereocenters. The van der Waals surface area contributed by atoms with Gasteiger partial charge in [0.25, 0.3) is 11.1 Å². The van der Waals surface area contributed by atoms with Crippen molar-refractivity contribution < 1.29 is 0 Å². The van der Waals surface area contributed by atoms with Crippen molar-refractivity contribution >= 4 is 23.2 Å². The van der Waals surface area contributed by atoms with Gasteiger partial charge < -0.3 is 4.57 Å². The van der Waals surface area contributed by atoms with E-state index in [0.29, 0.717) is 16.7 Å². The van der Waals surface area contributed by atoms with Gasteiger partial charge in [-0.2, -0.15) is 9.94 Å². The van der Waals surface area contributed by atoms with Crippen molar-refractivity contribution in [3.63, 3.8) is 0 Å². The Hall–Kier alpha value is -3.15. The molecular weight excluding hydrogens is 417 g/mol. The van der Waals surface area contributed by atoms with E-state index in [1.54, 1.807) is 29.8 Å². The molecule has 1 fully saturated rings. The van der Waals surface area contributed by atoms with E-state index in [0.717, 1.165) is 17.5 Å². The van der Waals surface area contributed by atoms with Gasteiger partial charge in [0.1, 0.15) is 6.07 Å². The van der Waals surface area contributed by atoms with E-state index in [2.05, 4.69) is 5.10 Å². The van der Waals surface area contributed by atoms with Crippen molar-refractivity contribution in [1.29, 1.82) is 5.26 Å². The van der Waals surface area contributed by atoms with Crippen LogP contribution in [-0.4, -0.2) is 19.3 Å². The van der Waals surface area contributed by atoms with Gasteiger partial charge in [0.15, 0.2) is 0 Å². The summed E-state index contributed by atoms with van der Waals surface area (Å²) in [4.78, 5) is 38.0. The van der Waals surface area contributed by atoms with Crippen molar-refractivity contribution in [1.82, 2.24) is 19.3 Å². The van der Waals surface area contributed by atoms with E-state index < -0.39 is 16.9 Å². The Labute approximate surface area is 173 Å². The third kappa shape index (κ3) is 3.39. The maximum atomic E-state index is 12.4. The molecule has 0 radical (unpaired) electrons. The lowest BCUT2D eigenvalue weighted by atomic mass is 10.0. The Kier molecular flexibility index (Phi) is 4.65. The third-order valence-electron chi connectivity index (χ3n) is 4.66. The summed E-state index contributed by atoms with van der Waals surface area (Å²) in [6.07, 6.45) is 3.63. The molecule has 29 heavy (non-hydrogen) atoms. The zero-order chi connectivity index (χ0) is 20.9. The molecule has 0 bridgehead atoms. The average Bonchev–Trinajstić information content (AvgIpc) is 3.49. The third-order valence-corrected chi connectivity index (χ3v) is 5.25. The average molecular weight is 430 g/mol. The lowest BCUT2D eigenvalue weighted by molar-refractivity contribution is 0.703. The van der Waals surface area contributed by atoms with Crippen LogP contribution in [0.5, 0.6) is 0 Å². The zero-order valence-electron chi connectivity index (χ0n) is 15.1. The highest BCUT2D eigenvalue weighted by molar-refractivity contribution is 6.39. The van der Waals surface area contributed by atoms with Crippen molar-refractivity contribution in [3.05, 3.63) is 76.9 Å². The quantitative estimate of drug-likeness (QED) is 0.686. The van der Waals surface area contributed by atoms with Crippen LogP contribution >= 0.6 is 23.2 Å². The number of pyridine rings is 1. The van der Waals surface area contributed by atoms with Crippen molar-refractivity contribution in [2.45, 2.75) is 25.8 Å². The van der Waals surface area contributed by atoms with Crippen LogP contribution in [0.3, 0.4) is 0 Å². The van der Waals surface area contributed by atoms with Gasteiger partial charge in [-0.25, -0.2) is 4.79 Å². The summed E-state index contributed by atoms with van der Waals surface area (Å²) in [6.45, 7) is 1.73. The Bertz CT molecular complexity index is 1350. The minimum absolute atomic E-state index is 0.0480. The largest absolute Gasteiger partial charge is 0.349 e. The van der Waals surface area contributed by atoms with E-state index in [1.807, 2.05) is 4.98 Å². The summed E-state index contributed by atoms with van der Waals surface area (Å²) in [5.41, 5.74) is -0.271. The number of hydrogen-bond acceptors (Lipinski definition) is 5. The molecule has 8 nitrogen and oxygen atoms in total. The van der Waals surface area contributed by atoms with Crippen LogP contribution in [0.25, 0.3) is 16.8 Å². The smallest absolute Gasteiger partial charge is 0.312 e. The molecule has 0 spiro atoms. The monoisotopic (exact) mass is 429 g/mol. The fourth-order valence-corrected chi connectivity index (χ4v) is 3.80. The number of aryl methyl sites for hydroxylation is 1. The first-order chi connectivity index (χ1) is 13.8. The summed E-state index contributed by atoms with van der Waals surface area (Å²) < 4.78 is 2.54. The van der Waals surface area contributed by atoms with Crippen LogP contribution in [0, 0.1) is 18.3 Å². The van der Waals surface area contributed by atoms with Crippen LogP contribution in [0.2, 0.25) is 10.0 Å². The Morgan fingerprint density at radius 3 is 2.41 bits per heavy atom. The van der Waals surface area contributed by atoms with E-state index >= 15 is 0 Å². The summed E-state index contributed by atoms with van der Waals surface area (Å²) in [5, 5.41) is 13.2. The predicted octanol–water partition coefficient (Wildman–Crippen LogP) is 2.57. The number of nitrogens with one attached hydrogen (secondary N) is 1. The molecule has 1 aliphatic carbocycles. The molecule has 3 aromatic rings. The highest BCUT2D eigenvalue weighted by atomic mass is 35.5. The number of aromatic nitrogens is 4. The van der Waals surface area contributed by atoms with Gasteiger partial charge in [0.05, 0.1) is 15.7 Å². The predicted molar refractivity (Wildman–Crippen MR) is 108 cm³/mol. The molecule has 1 N–H and O–H groups in total. The van der Waals surface area contributed by atoms with Gasteiger partial charge in [-0.05, 0) is 38.0 Å². The highest BCUT2D eigenvalue weighted by Crippen LogP contribution is 2.39. The van der Waals surface area contributed by atoms with Crippen LogP contribution in [-0.2, 0) is 0 Å². The highest BCUT2D eigenvalue weighted by Gasteiger charge is 2.26. The fourth-order valence-electron chi connectivity index (χ4n) is 3.11. The second kappa shape index (κ2) is 7.03. The van der Waals surface area contributed by atoms with Gasteiger partial charge in [-0.15, -0.1) is 5.10 Å². The molecule has 146 valence electrons. The molecule has 0 saturated heterocycles. The number of hydrogen-bond donors (Lipinski definition) is 1. The zero-order valence-corrected chi connectivity index (χ0v) is 16.6. The molecule has 4 rings (SSSR count). The van der Waals surface area contributed by atoms with E-state index in [1.165, 1.54) is 12.1 Å². The van der Waals surface area contributed by atoms with Crippen molar-refractivity contribution in [2.24, 2.45) is 0 Å². The van der Waals surface area contributed by atoms with Gasteiger partial charge in [0, 0.05) is 28.9 Å². The first kappa shape index (κ1) is 19.2. The number of H-pyrrole nitrogens is 1. The number of rotatable bonds is 3. The molecule has 0 amide bonds. The minimum Gasteiger partial charge on any atom is -0.312 e. The molecule has 1 saturated carbocycles. The van der Waals surface area contributed by atoms with Gasteiger partial charge >= 0.3 is 5.69 Å². The second-order valence-corrected chi connectivity index (χ2v) is 7.59. The van der Waals surface area contributed by atoms with Gasteiger partial charge in [0.2, 0.25) is 5.69 Å². The molecule has 1 aliphatic rings. The maximum Gasteiger partial charge on any atom is 0.349 e. The Morgan fingerprint density at radius 1 is 1.17 bits per heavy atom. The van der Waals surface area contributed by atoms with Gasteiger partial charge in [-0.1, -0.05) is 23.2 Å². The first-order valence-corrected chi connectivity index (χ1v) is 9.42. The SMILES string of the molecule is Cc1cc(-c2c(Cl)cc(-n3nc(C#N)c(=O)[nH]c3=O)cc2Cl)cn(C2CC2)c1=O. The summed E-state index contributed by atoms with van der Waals surface area (Å²) in [7, 11) is 0. The number of halogens is 2. The lowest BCUT2D eigenvalue weighted by Gasteiger charge is -2.14. The Balaban J connectivity index is 1.89. The van der Waals surface area contributed by atoms with Crippen molar-refractivity contribution in [2.75, 3.05) is 0 Å². The second-order valence-electron chi connectivity index (χ2n) is 6.77. The minimum atomic E-state index is -0.875. The molecular formula is C19H13Cl2N5O3. The number of benzene rings is 1. The van der Waals surface area contributed by atoms with Gasteiger partial charge in [-0.3, -0.25) is 14.6 Å².